The summed E-state index contributed by atoms with van der Waals surface area (Å²) in [7, 11) is 4.29. The molecule has 2 aliphatic rings. The highest BCUT2D eigenvalue weighted by molar-refractivity contribution is 6.49. The first kappa shape index (κ1) is 40.4. The fourth-order valence-electron chi connectivity index (χ4n) is 8.89. The molecule has 2 fully saturated rings. The van der Waals surface area contributed by atoms with Crippen LogP contribution in [-0.4, -0.2) is 81.8 Å². The number of Topliss-reactive ketones (excluding diaryl/α,β-unsaturated/α-hetero) is 2. The van der Waals surface area contributed by atoms with Crippen LogP contribution in [0.5, 0.6) is 0 Å². The summed E-state index contributed by atoms with van der Waals surface area (Å²) < 4.78 is 12.9. The zero-order chi connectivity index (χ0) is 38.1. The molecule has 2 saturated heterocycles. The maximum Gasteiger partial charge on any atom is 0.325 e. The molecule has 8 atom stereocenters. The highest BCUT2D eigenvalue weighted by Gasteiger charge is 2.55. The minimum atomic E-state index is -1.56. The molecule has 8 nitrogen and oxygen atoms in total. The van der Waals surface area contributed by atoms with Crippen molar-refractivity contribution in [1.29, 1.82) is 0 Å². The molecule has 4 rings (SSSR count). The van der Waals surface area contributed by atoms with E-state index in [0.29, 0.717) is 12.8 Å². The van der Waals surface area contributed by atoms with Crippen LogP contribution in [0.1, 0.15) is 140 Å². The number of carbonyl (C=O) groups is 4. The van der Waals surface area contributed by atoms with Gasteiger partial charge in [-0.15, -0.1) is 0 Å². The Labute approximate surface area is 306 Å². The highest BCUT2D eigenvalue weighted by atomic mass is 16.6. The summed E-state index contributed by atoms with van der Waals surface area (Å²) in [4.78, 5) is 61.6. The molecule has 0 bridgehead atoms. The van der Waals surface area contributed by atoms with Gasteiger partial charge in [0.1, 0.15) is 12.2 Å². The van der Waals surface area contributed by atoms with Gasteiger partial charge in [0, 0.05) is 58.0 Å². The summed E-state index contributed by atoms with van der Waals surface area (Å²) in [5, 5.41) is 0. The second kappa shape index (κ2) is 15.3. The van der Waals surface area contributed by atoms with Crippen LogP contribution in [0.15, 0.2) is 54.6 Å². The Morgan fingerprint density at radius 2 is 1.06 bits per heavy atom. The molecule has 0 radical (unpaired) electrons. The van der Waals surface area contributed by atoms with Gasteiger partial charge in [-0.05, 0) is 73.0 Å². The number of ether oxygens (including phenoxy) is 2. The SMILES string of the molecule is CCC1(C)CC(OC(=O)C(C(=O)OC2CC(C)(CC)N(C)C(C)(CC)C2C)c2ccccc2C(=O)C(=O)c2ccccc2)C(C)C(C)(CC)N1C. The van der Waals surface area contributed by atoms with Crippen molar-refractivity contribution in [2.45, 2.75) is 148 Å². The number of ketones is 2. The van der Waals surface area contributed by atoms with Crippen LogP contribution in [0.2, 0.25) is 0 Å². The molecule has 0 aliphatic carbocycles. The quantitative estimate of drug-likeness (QED) is 0.0945. The van der Waals surface area contributed by atoms with Gasteiger partial charge in [0.05, 0.1) is 0 Å². The molecule has 2 heterocycles. The average Bonchev–Trinajstić information content (AvgIpc) is 3.14. The van der Waals surface area contributed by atoms with E-state index in [-0.39, 0.29) is 50.7 Å². The monoisotopic (exact) mass is 702 g/mol. The van der Waals surface area contributed by atoms with Gasteiger partial charge in [0.15, 0.2) is 5.92 Å². The van der Waals surface area contributed by atoms with E-state index in [1.54, 1.807) is 48.5 Å². The fourth-order valence-corrected chi connectivity index (χ4v) is 8.89. The summed E-state index contributed by atoms with van der Waals surface area (Å²) >= 11 is 0. The van der Waals surface area contributed by atoms with E-state index >= 15 is 0 Å². The molecule has 0 saturated carbocycles. The molecule has 0 spiro atoms. The van der Waals surface area contributed by atoms with Crippen molar-refractivity contribution in [2.75, 3.05) is 14.1 Å². The number of benzene rings is 2. The van der Waals surface area contributed by atoms with Crippen LogP contribution in [0, 0.1) is 11.8 Å². The van der Waals surface area contributed by atoms with E-state index in [2.05, 4.69) is 93.1 Å². The zero-order valence-corrected chi connectivity index (χ0v) is 33.2. The minimum Gasteiger partial charge on any atom is -0.461 e. The molecular weight excluding hydrogens is 640 g/mol. The standard InChI is InChI=1S/C43H62N2O6/c1-13-40(7)26-33(28(5)42(9,15-3)44(40)11)50-38(48)35(31-24-20-21-25-32(31)37(47)36(46)30-22-18-17-19-23-30)39(49)51-34-27-41(8,14-2)45(12)43(10,16-4)29(34)6/h17-25,28-29,33-35H,13-16,26-27H2,1-12H3. The number of likely N-dealkylation sites (tertiary alicyclic amines) is 2. The third-order valence-corrected chi connectivity index (χ3v) is 14.2. The molecule has 280 valence electrons. The number of hydrogen-bond donors (Lipinski definition) is 0. The van der Waals surface area contributed by atoms with E-state index in [1.165, 1.54) is 6.07 Å². The van der Waals surface area contributed by atoms with E-state index in [4.69, 9.17) is 9.47 Å². The van der Waals surface area contributed by atoms with Gasteiger partial charge in [0.25, 0.3) is 0 Å². The van der Waals surface area contributed by atoms with Crippen molar-refractivity contribution in [3.8, 4) is 0 Å². The second-order valence-electron chi connectivity index (χ2n) is 16.2. The Morgan fingerprint density at radius 1 is 0.647 bits per heavy atom. The van der Waals surface area contributed by atoms with Gasteiger partial charge in [0.2, 0.25) is 11.6 Å². The normalized spacial score (nSPS) is 33.6. The number of carbonyl (C=O) groups excluding carboxylic acids is 4. The van der Waals surface area contributed by atoms with Crippen LogP contribution in [0.3, 0.4) is 0 Å². The Kier molecular flexibility index (Phi) is 12.1. The van der Waals surface area contributed by atoms with Crippen molar-refractivity contribution < 1.29 is 28.7 Å². The number of esters is 2. The lowest BCUT2D eigenvalue weighted by Gasteiger charge is -2.59. The van der Waals surface area contributed by atoms with Crippen LogP contribution in [-0.2, 0) is 19.1 Å². The molecule has 2 aliphatic heterocycles. The van der Waals surface area contributed by atoms with Crippen molar-refractivity contribution in [2.24, 2.45) is 11.8 Å². The third-order valence-electron chi connectivity index (χ3n) is 14.2. The number of hydrogen-bond acceptors (Lipinski definition) is 8. The number of nitrogens with zero attached hydrogens (tertiary/aromatic N) is 2. The molecule has 0 aromatic heterocycles. The lowest BCUT2D eigenvalue weighted by Crippen LogP contribution is -2.67. The van der Waals surface area contributed by atoms with E-state index in [1.807, 2.05) is 0 Å². The lowest BCUT2D eigenvalue weighted by atomic mass is 9.68. The molecule has 2 aromatic carbocycles. The van der Waals surface area contributed by atoms with Gasteiger partial charge < -0.3 is 9.47 Å². The van der Waals surface area contributed by atoms with Crippen LogP contribution in [0.4, 0.5) is 0 Å². The number of rotatable bonds is 12. The topological polar surface area (TPSA) is 93.2 Å². The van der Waals surface area contributed by atoms with Crippen molar-refractivity contribution >= 4 is 23.5 Å². The first-order valence-electron chi connectivity index (χ1n) is 19.0. The predicted octanol–water partition coefficient (Wildman–Crippen LogP) is 8.28. The van der Waals surface area contributed by atoms with E-state index in [9.17, 15) is 19.2 Å². The summed E-state index contributed by atoms with van der Waals surface area (Å²) in [5.74, 6) is -4.69. The van der Waals surface area contributed by atoms with Gasteiger partial charge in [-0.25, -0.2) is 0 Å². The smallest absolute Gasteiger partial charge is 0.325 e. The van der Waals surface area contributed by atoms with Gasteiger partial charge in [-0.3, -0.25) is 29.0 Å². The average molecular weight is 703 g/mol. The van der Waals surface area contributed by atoms with Gasteiger partial charge in [-0.1, -0.05) is 96.1 Å². The fraction of sp³-hybridized carbons (Fsp3) is 0.628. The minimum absolute atomic E-state index is 0.00769. The van der Waals surface area contributed by atoms with Crippen LogP contribution < -0.4 is 0 Å². The van der Waals surface area contributed by atoms with Crippen molar-refractivity contribution in [3.05, 3.63) is 71.3 Å². The highest BCUT2D eigenvalue weighted by Crippen LogP contribution is 2.47. The zero-order valence-electron chi connectivity index (χ0n) is 33.2. The summed E-state index contributed by atoms with van der Waals surface area (Å²) in [6, 6.07) is 14.7. The summed E-state index contributed by atoms with van der Waals surface area (Å²) in [6.07, 6.45) is 3.61. The largest absolute Gasteiger partial charge is 0.461 e. The first-order valence-corrected chi connectivity index (χ1v) is 19.0. The molecule has 0 N–H and O–H groups in total. The third kappa shape index (κ3) is 7.20. The predicted molar refractivity (Wildman–Crippen MR) is 202 cm³/mol. The van der Waals surface area contributed by atoms with Gasteiger partial charge in [-0.2, -0.15) is 0 Å². The Morgan fingerprint density at radius 3 is 1.47 bits per heavy atom. The maximum absolute atomic E-state index is 14.7. The second-order valence-corrected chi connectivity index (χ2v) is 16.2. The van der Waals surface area contributed by atoms with Crippen molar-refractivity contribution in [1.82, 2.24) is 9.80 Å². The molecular formula is C43H62N2O6. The Bertz CT molecular complexity index is 1530. The lowest BCUT2D eigenvalue weighted by molar-refractivity contribution is -0.185. The molecule has 8 unspecified atom stereocenters. The number of piperidine rings is 2. The first-order chi connectivity index (χ1) is 23.9. The Balaban J connectivity index is 1.80. The maximum atomic E-state index is 14.7. The Hall–Kier alpha value is -3.36. The molecule has 2 aromatic rings. The summed E-state index contributed by atoms with van der Waals surface area (Å²) in [6.45, 7) is 21.6. The van der Waals surface area contributed by atoms with Crippen LogP contribution in [0.25, 0.3) is 0 Å². The molecule has 8 heteroatoms. The molecule has 51 heavy (non-hydrogen) atoms. The van der Waals surface area contributed by atoms with E-state index in [0.717, 1.165) is 25.7 Å². The van der Waals surface area contributed by atoms with Crippen molar-refractivity contribution in [3.63, 3.8) is 0 Å². The van der Waals surface area contributed by atoms with E-state index < -0.39 is 41.6 Å². The summed E-state index contributed by atoms with van der Waals surface area (Å²) in [5.41, 5.74) is -0.672. The van der Waals surface area contributed by atoms with Crippen LogP contribution >= 0.6 is 0 Å². The van der Waals surface area contributed by atoms with Gasteiger partial charge >= 0.3 is 11.9 Å². The molecule has 0 amide bonds.